The summed E-state index contributed by atoms with van der Waals surface area (Å²) >= 11 is 0. The van der Waals surface area contributed by atoms with Gasteiger partial charge in [-0.05, 0) is 69.2 Å². The lowest BCUT2D eigenvalue weighted by molar-refractivity contribution is -0.117. The van der Waals surface area contributed by atoms with Crippen molar-refractivity contribution in [2.45, 2.75) is 52.4 Å². The molecular formula is C24H30N2O2. The Bertz CT molecular complexity index is 729. The summed E-state index contributed by atoms with van der Waals surface area (Å²) in [6.07, 6.45) is 5.23. The SMILES string of the molecule is Cc1ccc(NC(=O)CC2CCCC(CC(=O)Nc3ccc(C)cc3)C2)cc1. The Labute approximate surface area is 167 Å². The molecule has 0 aliphatic heterocycles. The van der Waals surface area contributed by atoms with Crippen LogP contribution >= 0.6 is 0 Å². The van der Waals surface area contributed by atoms with Crippen LogP contribution in [0.4, 0.5) is 11.4 Å². The second-order valence-corrected chi connectivity index (χ2v) is 8.14. The number of benzene rings is 2. The van der Waals surface area contributed by atoms with Gasteiger partial charge in [0.1, 0.15) is 0 Å². The van der Waals surface area contributed by atoms with E-state index in [1.165, 1.54) is 11.1 Å². The lowest BCUT2D eigenvalue weighted by Crippen LogP contribution is -2.24. The number of amides is 2. The summed E-state index contributed by atoms with van der Waals surface area (Å²) in [7, 11) is 0. The molecule has 0 aromatic heterocycles. The Morgan fingerprint density at radius 3 is 1.54 bits per heavy atom. The molecule has 1 aliphatic carbocycles. The molecule has 1 saturated carbocycles. The molecule has 0 spiro atoms. The highest BCUT2D eigenvalue weighted by Gasteiger charge is 2.25. The number of rotatable bonds is 6. The minimum Gasteiger partial charge on any atom is -0.326 e. The zero-order valence-electron chi connectivity index (χ0n) is 16.8. The number of anilines is 2. The first-order chi connectivity index (χ1) is 13.5. The van der Waals surface area contributed by atoms with Gasteiger partial charge in [0.2, 0.25) is 11.8 Å². The smallest absolute Gasteiger partial charge is 0.224 e. The fourth-order valence-corrected chi connectivity index (χ4v) is 4.00. The number of hydrogen-bond donors (Lipinski definition) is 2. The Morgan fingerprint density at radius 1 is 0.750 bits per heavy atom. The molecule has 1 fully saturated rings. The van der Waals surface area contributed by atoms with Gasteiger partial charge in [-0.25, -0.2) is 0 Å². The zero-order valence-corrected chi connectivity index (χ0v) is 16.8. The van der Waals surface area contributed by atoms with Crippen LogP contribution in [0.1, 0.15) is 49.7 Å². The Balaban J connectivity index is 1.45. The lowest BCUT2D eigenvalue weighted by Gasteiger charge is -2.28. The lowest BCUT2D eigenvalue weighted by atomic mass is 9.78. The highest BCUT2D eigenvalue weighted by molar-refractivity contribution is 5.91. The van der Waals surface area contributed by atoms with E-state index >= 15 is 0 Å². The van der Waals surface area contributed by atoms with Crippen molar-refractivity contribution in [3.63, 3.8) is 0 Å². The number of hydrogen-bond acceptors (Lipinski definition) is 2. The molecule has 4 nitrogen and oxygen atoms in total. The molecule has 148 valence electrons. The molecule has 0 saturated heterocycles. The van der Waals surface area contributed by atoms with Crippen LogP contribution in [-0.2, 0) is 9.59 Å². The van der Waals surface area contributed by atoms with E-state index in [0.29, 0.717) is 24.7 Å². The number of aryl methyl sites for hydroxylation is 2. The normalized spacial score (nSPS) is 19.1. The van der Waals surface area contributed by atoms with E-state index in [1.54, 1.807) is 0 Å². The van der Waals surface area contributed by atoms with Gasteiger partial charge in [-0.1, -0.05) is 41.8 Å². The van der Waals surface area contributed by atoms with Crippen LogP contribution in [0.3, 0.4) is 0 Å². The van der Waals surface area contributed by atoms with Gasteiger partial charge in [0.05, 0.1) is 0 Å². The van der Waals surface area contributed by atoms with Crippen molar-refractivity contribution >= 4 is 23.2 Å². The molecular weight excluding hydrogens is 348 g/mol. The third-order valence-corrected chi connectivity index (χ3v) is 5.51. The fourth-order valence-electron chi connectivity index (χ4n) is 4.00. The van der Waals surface area contributed by atoms with Crippen LogP contribution in [0, 0.1) is 25.7 Å². The van der Waals surface area contributed by atoms with E-state index in [-0.39, 0.29) is 11.8 Å². The van der Waals surface area contributed by atoms with Crippen molar-refractivity contribution in [1.82, 2.24) is 0 Å². The Hall–Kier alpha value is -2.62. The molecule has 1 aliphatic rings. The second kappa shape index (κ2) is 9.54. The van der Waals surface area contributed by atoms with Crippen LogP contribution in [0.5, 0.6) is 0 Å². The average Bonchev–Trinajstić information content (AvgIpc) is 2.66. The summed E-state index contributed by atoms with van der Waals surface area (Å²) in [4.78, 5) is 24.7. The summed E-state index contributed by atoms with van der Waals surface area (Å²) in [5.74, 6) is 0.852. The molecule has 2 N–H and O–H groups in total. The van der Waals surface area contributed by atoms with Gasteiger partial charge >= 0.3 is 0 Å². The molecule has 2 atom stereocenters. The predicted octanol–water partition coefficient (Wildman–Crippen LogP) is 5.47. The van der Waals surface area contributed by atoms with E-state index in [4.69, 9.17) is 0 Å². The van der Waals surface area contributed by atoms with Gasteiger partial charge < -0.3 is 10.6 Å². The van der Waals surface area contributed by atoms with Crippen molar-refractivity contribution in [1.29, 1.82) is 0 Å². The van der Waals surface area contributed by atoms with Gasteiger partial charge in [-0.2, -0.15) is 0 Å². The molecule has 3 rings (SSSR count). The van der Waals surface area contributed by atoms with E-state index in [9.17, 15) is 9.59 Å². The van der Waals surface area contributed by atoms with E-state index in [2.05, 4.69) is 10.6 Å². The fraction of sp³-hybridized carbons (Fsp3) is 0.417. The molecule has 4 heteroatoms. The maximum atomic E-state index is 12.4. The van der Waals surface area contributed by atoms with E-state index in [1.807, 2.05) is 62.4 Å². The van der Waals surface area contributed by atoms with Crippen LogP contribution < -0.4 is 10.6 Å². The minimum absolute atomic E-state index is 0.0682. The molecule has 2 aromatic carbocycles. The molecule has 0 bridgehead atoms. The average molecular weight is 379 g/mol. The molecule has 0 heterocycles. The first-order valence-corrected chi connectivity index (χ1v) is 10.2. The van der Waals surface area contributed by atoms with Crippen LogP contribution in [0.2, 0.25) is 0 Å². The Kier molecular flexibility index (Phi) is 6.85. The quantitative estimate of drug-likeness (QED) is 0.700. The maximum absolute atomic E-state index is 12.4. The molecule has 2 unspecified atom stereocenters. The van der Waals surface area contributed by atoms with Gasteiger partial charge in [-0.15, -0.1) is 0 Å². The van der Waals surface area contributed by atoms with Crippen LogP contribution in [-0.4, -0.2) is 11.8 Å². The van der Waals surface area contributed by atoms with Gasteiger partial charge in [0, 0.05) is 24.2 Å². The number of carbonyl (C=O) groups is 2. The highest BCUT2D eigenvalue weighted by atomic mass is 16.2. The van der Waals surface area contributed by atoms with E-state index < -0.39 is 0 Å². The van der Waals surface area contributed by atoms with Crippen molar-refractivity contribution < 1.29 is 9.59 Å². The summed E-state index contributed by atoms with van der Waals surface area (Å²) in [5.41, 5.74) is 4.05. The summed E-state index contributed by atoms with van der Waals surface area (Å²) < 4.78 is 0. The maximum Gasteiger partial charge on any atom is 0.224 e. The van der Waals surface area contributed by atoms with Crippen molar-refractivity contribution in [3.8, 4) is 0 Å². The largest absolute Gasteiger partial charge is 0.326 e. The summed E-state index contributed by atoms with van der Waals surface area (Å²) in [6.45, 7) is 4.06. The first-order valence-electron chi connectivity index (χ1n) is 10.2. The third kappa shape index (κ3) is 6.22. The highest BCUT2D eigenvalue weighted by Crippen LogP contribution is 2.33. The van der Waals surface area contributed by atoms with Gasteiger partial charge in [0.25, 0.3) is 0 Å². The summed E-state index contributed by atoms with van der Waals surface area (Å²) in [6, 6.07) is 15.7. The molecule has 2 aromatic rings. The van der Waals surface area contributed by atoms with Crippen molar-refractivity contribution in [3.05, 3.63) is 59.7 Å². The van der Waals surface area contributed by atoms with Crippen molar-refractivity contribution in [2.24, 2.45) is 11.8 Å². The summed E-state index contributed by atoms with van der Waals surface area (Å²) in [5, 5.41) is 5.98. The topological polar surface area (TPSA) is 58.2 Å². The zero-order chi connectivity index (χ0) is 19.9. The molecule has 2 amide bonds. The van der Waals surface area contributed by atoms with Crippen LogP contribution in [0.15, 0.2) is 48.5 Å². The Morgan fingerprint density at radius 2 is 1.14 bits per heavy atom. The monoisotopic (exact) mass is 378 g/mol. The molecule has 28 heavy (non-hydrogen) atoms. The molecule has 0 radical (unpaired) electrons. The minimum atomic E-state index is 0.0682. The predicted molar refractivity (Wildman–Crippen MR) is 114 cm³/mol. The van der Waals surface area contributed by atoms with Crippen LogP contribution in [0.25, 0.3) is 0 Å². The van der Waals surface area contributed by atoms with Gasteiger partial charge in [0.15, 0.2) is 0 Å². The first kappa shape index (κ1) is 20.1. The van der Waals surface area contributed by atoms with Gasteiger partial charge in [-0.3, -0.25) is 9.59 Å². The second-order valence-electron chi connectivity index (χ2n) is 8.14. The standard InChI is InChI=1S/C24H30N2O2/c1-17-6-10-21(11-7-17)25-23(27)15-19-4-3-5-20(14-19)16-24(28)26-22-12-8-18(2)9-13-22/h6-13,19-20H,3-5,14-16H2,1-2H3,(H,25,27)(H,26,28). The number of carbonyl (C=O) groups excluding carboxylic acids is 2. The third-order valence-electron chi connectivity index (χ3n) is 5.51. The number of nitrogens with one attached hydrogen (secondary N) is 2. The van der Waals surface area contributed by atoms with E-state index in [0.717, 1.165) is 37.1 Å². The van der Waals surface area contributed by atoms with Crippen molar-refractivity contribution in [2.75, 3.05) is 10.6 Å².